The molecule has 0 aromatic heterocycles. The van der Waals surface area contributed by atoms with E-state index in [1.54, 1.807) is 0 Å². The number of alkyl halides is 3. The Bertz CT molecular complexity index is 237. The molecule has 1 heterocycles. The normalized spacial score (nSPS) is 18.9. The average Bonchev–Trinajstić information content (AvgIpc) is 2.16. The molecule has 94 valence electrons. The third-order valence-electron chi connectivity index (χ3n) is 2.52. The van der Waals surface area contributed by atoms with Crippen LogP contribution in [0.5, 0.6) is 0 Å². The Morgan fingerprint density at radius 2 is 1.75 bits per heavy atom. The highest BCUT2D eigenvalue weighted by molar-refractivity contribution is 5.76. The van der Waals surface area contributed by atoms with E-state index in [1.807, 2.05) is 4.90 Å². The Labute approximate surface area is 92.2 Å². The Kier molecular flexibility index (Phi) is 4.55. The van der Waals surface area contributed by atoms with Gasteiger partial charge in [0.1, 0.15) is 6.42 Å². The van der Waals surface area contributed by atoms with Gasteiger partial charge in [0.2, 0.25) is 5.91 Å². The number of carbonyl (C=O) groups is 1. The summed E-state index contributed by atoms with van der Waals surface area (Å²) in [6.07, 6.45) is -5.77. The van der Waals surface area contributed by atoms with Crippen LogP contribution in [-0.2, 0) is 4.79 Å². The number of nitrogens with two attached hydrogens (primary N) is 1. The van der Waals surface area contributed by atoms with Crippen LogP contribution in [0.3, 0.4) is 0 Å². The molecular formula is C9H16F3N3O. The molecule has 0 aromatic carbocycles. The van der Waals surface area contributed by atoms with Crippen molar-refractivity contribution in [1.82, 2.24) is 9.80 Å². The highest BCUT2D eigenvalue weighted by Gasteiger charge is 2.34. The third kappa shape index (κ3) is 4.36. The van der Waals surface area contributed by atoms with E-state index in [0.29, 0.717) is 32.7 Å². The quantitative estimate of drug-likeness (QED) is 0.756. The minimum atomic E-state index is -4.41. The van der Waals surface area contributed by atoms with Crippen molar-refractivity contribution >= 4 is 5.91 Å². The van der Waals surface area contributed by atoms with Gasteiger partial charge in [-0.3, -0.25) is 9.69 Å². The lowest BCUT2D eigenvalue weighted by Gasteiger charge is -2.34. The van der Waals surface area contributed by atoms with Gasteiger partial charge in [-0.25, -0.2) is 0 Å². The predicted molar refractivity (Wildman–Crippen MR) is 52.7 cm³/mol. The molecule has 0 aliphatic carbocycles. The summed E-state index contributed by atoms with van der Waals surface area (Å²) in [7, 11) is 0. The van der Waals surface area contributed by atoms with Crippen LogP contribution in [0, 0.1) is 0 Å². The fourth-order valence-electron chi connectivity index (χ4n) is 1.69. The molecule has 0 atom stereocenters. The maximum absolute atomic E-state index is 12.0. The van der Waals surface area contributed by atoms with E-state index in [0.717, 1.165) is 6.54 Å². The fraction of sp³-hybridized carbons (Fsp3) is 0.889. The molecule has 0 radical (unpaired) electrons. The van der Waals surface area contributed by atoms with Crippen LogP contribution in [-0.4, -0.2) is 61.2 Å². The maximum atomic E-state index is 12.0. The molecule has 0 saturated carbocycles. The lowest BCUT2D eigenvalue weighted by Crippen LogP contribution is -2.50. The number of hydrogen-bond donors (Lipinski definition) is 1. The first-order valence-electron chi connectivity index (χ1n) is 5.19. The van der Waals surface area contributed by atoms with Crippen molar-refractivity contribution in [2.24, 2.45) is 5.73 Å². The van der Waals surface area contributed by atoms with Gasteiger partial charge in [0.05, 0.1) is 0 Å². The molecule has 1 rings (SSSR count). The second-order valence-electron chi connectivity index (χ2n) is 3.80. The van der Waals surface area contributed by atoms with Crippen LogP contribution in [0.15, 0.2) is 0 Å². The minimum Gasteiger partial charge on any atom is -0.340 e. The average molecular weight is 239 g/mol. The molecule has 0 unspecified atom stereocenters. The lowest BCUT2D eigenvalue weighted by atomic mass is 10.2. The molecule has 1 saturated heterocycles. The molecule has 16 heavy (non-hydrogen) atoms. The summed E-state index contributed by atoms with van der Waals surface area (Å²) in [4.78, 5) is 14.5. The molecule has 1 amide bonds. The van der Waals surface area contributed by atoms with Crippen LogP contribution in [0.4, 0.5) is 13.2 Å². The van der Waals surface area contributed by atoms with E-state index in [1.165, 1.54) is 4.90 Å². The van der Waals surface area contributed by atoms with Crippen LogP contribution < -0.4 is 5.73 Å². The van der Waals surface area contributed by atoms with Gasteiger partial charge in [-0.05, 0) is 0 Å². The van der Waals surface area contributed by atoms with E-state index in [9.17, 15) is 18.0 Å². The van der Waals surface area contributed by atoms with Crippen LogP contribution in [0.25, 0.3) is 0 Å². The number of carbonyl (C=O) groups excluding carboxylic acids is 1. The third-order valence-corrected chi connectivity index (χ3v) is 2.52. The Hall–Kier alpha value is -0.820. The van der Waals surface area contributed by atoms with Gasteiger partial charge in [-0.15, -0.1) is 0 Å². The minimum absolute atomic E-state index is 0.356. The summed E-state index contributed by atoms with van der Waals surface area (Å²) >= 11 is 0. The van der Waals surface area contributed by atoms with E-state index in [4.69, 9.17) is 5.73 Å². The predicted octanol–water partition coefficient (Wildman–Crippen LogP) is 0.0417. The van der Waals surface area contributed by atoms with Crippen molar-refractivity contribution in [3.05, 3.63) is 0 Å². The first-order chi connectivity index (χ1) is 7.42. The highest BCUT2D eigenvalue weighted by Crippen LogP contribution is 2.21. The molecule has 4 nitrogen and oxygen atoms in total. The first-order valence-corrected chi connectivity index (χ1v) is 5.19. The van der Waals surface area contributed by atoms with Crippen LogP contribution in [0.1, 0.15) is 6.42 Å². The van der Waals surface area contributed by atoms with Gasteiger partial charge in [0.15, 0.2) is 0 Å². The first kappa shape index (κ1) is 13.2. The van der Waals surface area contributed by atoms with E-state index < -0.39 is 18.5 Å². The van der Waals surface area contributed by atoms with Crippen molar-refractivity contribution < 1.29 is 18.0 Å². The number of piperazine rings is 1. The Morgan fingerprint density at radius 1 is 1.19 bits per heavy atom. The summed E-state index contributed by atoms with van der Waals surface area (Å²) in [5.41, 5.74) is 5.37. The largest absolute Gasteiger partial charge is 0.397 e. The SMILES string of the molecule is NCCN1CCN(C(=O)CC(F)(F)F)CC1. The van der Waals surface area contributed by atoms with Crippen molar-refractivity contribution in [2.45, 2.75) is 12.6 Å². The summed E-state index contributed by atoms with van der Waals surface area (Å²) in [6, 6.07) is 0. The molecular weight excluding hydrogens is 223 g/mol. The topological polar surface area (TPSA) is 49.6 Å². The number of amides is 1. The zero-order valence-corrected chi connectivity index (χ0v) is 8.96. The lowest BCUT2D eigenvalue weighted by molar-refractivity contribution is -0.162. The Morgan fingerprint density at radius 3 is 2.19 bits per heavy atom. The molecule has 1 aliphatic rings. The summed E-state index contributed by atoms with van der Waals surface area (Å²) in [5, 5.41) is 0. The Balaban J connectivity index is 2.33. The second-order valence-corrected chi connectivity index (χ2v) is 3.80. The number of rotatable bonds is 3. The van der Waals surface area contributed by atoms with Gasteiger partial charge in [0, 0.05) is 39.3 Å². The number of hydrogen-bond acceptors (Lipinski definition) is 3. The summed E-state index contributed by atoms with van der Waals surface area (Å²) in [5.74, 6) is -0.833. The van der Waals surface area contributed by atoms with Crippen LogP contribution >= 0.6 is 0 Å². The highest BCUT2D eigenvalue weighted by atomic mass is 19.4. The zero-order valence-electron chi connectivity index (χ0n) is 8.96. The van der Waals surface area contributed by atoms with Crippen molar-refractivity contribution in [2.75, 3.05) is 39.3 Å². The van der Waals surface area contributed by atoms with Gasteiger partial charge >= 0.3 is 6.18 Å². The van der Waals surface area contributed by atoms with Crippen molar-refractivity contribution in [3.63, 3.8) is 0 Å². The molecule has 0 spiro atoms. The molecule has 0 bridgehead atoms. The smallest absolute Gasteiger partial charge is 0.340 e. The summed E-state index contributed by atoms with van der Waals surface area (Å²) in [6.45, 7) is 3.16. The summed E-state index contributed by atoms with van der Waals surface area (Å²) < 4.78 is 36.0. The van der Waals surface area contributed by atoms with Crippen molar-refractivity contribution in [1.29, 1.82) is 0 Å². The molecule has 0 aromatic rings. The van der Waals surface area contributed by atoms with Crippen LogP contribution in [0.2, 0.25) is 0 Å². The van der Waals surface area contributed by atoms with E-state index >= 15 is 0 Å². The second kappa shape index (κ2) is 5.49. The van der Waals surface area contributed by atoms with Gasteiger partial charge in [-0.2, -0.15) is 13.2 Å². The molecule has 1 fully saturated rings. The zero-order chi connectivity index (χ0) is 12.2. The monoisotopic (exact) mass is 239 g/mol. The molecule has 2 N–H and O–H groups in total. The number of nitrogens with zero attached hydrogens (tertiary/aromatic N) is 2. The fourth-order valence-corrected chi connectivity index (χ4v) is 1.69. The van der Waals surface area contributed by atoms with E-state index in [-0.39, 0.29) is 0 Å². The van der Waals surface area contributed by atoms with Crippen molar-refractivity contribution in [3.8, 4) is 0 Å². The maximum Gasteiger partial charge on any atom is 0.397 e. The molecule has 1 aliphatic heterocycles. The molecule has 7 heteroatoms. The standard InChI is InChI=1S/C9H16F3N3O/c10-9(11,12)7-8(16)15-5-3-14(2-1-13)4-6-15/h1-7,13H2. The van der Waals surface area contributed by atoms with Gasteiger partial charge < -0.3 is 10.6 Å². The van der Waals surface area contributed by atoms with Gasteiger partial charge in [-0.1, -0.05) is 0 Å². The van der Waals surface area contributed by atoms with E-state index in [2.05, 4.69) is 0 Å². The van der Waals surface area contributed by atoms with Gasteiger partial charge in [0.25, 0.3) is 0 Å². The number of halogens is 3.